The van der Waals surface area contributed by atoms with Gasteiger partial charge in [-0.3, -0.25) is 9.35 Å². The first kappa shape index (κ1) is 13.4. The molecular weight excluding hydrogens is 206 g/mol. The molecule has 0 saturated carbocycles. The summed E-state index contributed by atoms with van der Waals surface area (Å²) in [5, 5.41) is 0. The van der Waals surface area contributed by atoms with E-state index in [0.717, 1.165) is 19.4 Å². The molecule has 1 rings (SSSR count). The van der Waals surface area contributed by atoms with Crippen LogP contribution in [0.2, 0.25) is 0 Å². The minimum absolute atomic E-state index is 0.324. The number of carbonyl (C=O) groups is 1. The minimum Gasteiger partial charge on any atom is -0.340 e. The predicted octanol–water partition coefficient (Wildman–Crippen LogP) is 0.521. The third kappa shape index (κ3) is 6.85. The van der Waals surface area contributed by atoms with Crippen LogP contribution in [0.5, 0.6) is 0 Å². The summed E-state index contributed by atoms with van der Waals surface area (Å²) in [6.07, 6.45) is 2.53. The molecule has 0 radical (unpaired) electrons. The molecule has 0 spiro atoms. The van der Waals surface area contributed by atoms with Crippen LogP contribution in [-0.2, 0) is 14.9 Å². The van der Waals surface area contributed by atoms with E-state index in [1.165, 1.54) is 0 Å². The van der Waals surface area contributed by atoms with Crippen molar-refractivity contribution in [2.75, 3.05) is 12.8 Å². The zero-order valence-electron chi connectivity index (χ0n) is 8.73. The van der Waals surface area contributed by atoms with E-state index in [9.17, 15) is 13.2 Å². The van der Waals surface area contributed by atoms with Gasteiger partial charge >= 0.3 is 0 Å². The third-order valence-corrected chi connectivity index (χ3v) is 1.73. The molecule has 0 atom stereocenters. The molecule has 0 aromatic rings. The minimum atomic E-state index is -3.67. The number of nitrogens with zero attached hydrogens (tertiary/aromatic N) is 1. The Labute approximate surface area is 84.8 Å². The second kappa shape index (κ2) is 5.31. The molecule has 1 fully saturated rings. The monoisotopic (exact) mass is 223 g/mol. The van der Waals surface area contributed by atoms with Crippen LogP contribution in [0.25, 0.3) is 0 Å². The summed E-state index contributed by atoms with van der Waals surface area (Å²) < 4.78 is 25.9. The standard InChI is InChI=1S/C7H13NO.CH4O3S/c1-6(2)8-5-3-4-7(8)9;1-5(2,3)4/h6H,3-5H2,1-2H3;1H3,(H,2,3,4). The van der Waals surface area contributed by atoms with Gasteiger partial charge in [-0.2, -0.15) is 8.42 Å². The van der Waals surface area contributed by atoms with E-state index in [0.29, 0.717) is 18.2 Å². The van der Waals surface area contributed by atoms with Crippen LogP contribution in [0.15, 0.2) is 0 Å². The third-order valence-electron chi connectivity index (χ3n) is 1.73. The Bertz CT molecular complexity index is 276. The lowest BCUT2D eigenvalue weighted by atomic mass is 10.3. The van der Waals surface area contributed by atoms with Crippen molar-refractivity contribution in [2.24, 2.45) is 0 Å². The summed E-state index contributed by atoms with van der Waals surface area (Å²) >= 11 is 0. The first-order valence-electron chi connectivity index (χ1n) is 4.43. The van der Waals surface area contributed by atoms with Gasteiger partial charge in [0.25, 0.3) is 10.1 Å². The highest BCUT2D eigenvalue weighted by molar-refractivity contribution is 7.85. The molecule has 1 saturated heterocycles. The summed E-state index contributed by atoms with van der Waals surface area (Å²) in [7, 11) is -3.67. The van der Waals surface area contributed by atoms with Crippen molar-refractivity contribution in [1.29, 1.82) is 0 Å². The van der Waals surface area contributed by atoms with Crippen LogP contribution in [0.1, 0.15) is 26.7 Å². The van der Waals surface area contributed by atoms with Gasteiger partial charge in [-0.25, -0.2) is 0 Å². The van der Waals surface area contributed by atoms with Gasteiger partial charge in [0, 0.05) is 19.0 Å². The smallest absolute Gasteiger partial charge is 0.261 e. The lowest BCUT2D eigenvalue weighted by Crippen LogP contribution is -2.31. The fourth-order valence-electron chi connectivity index (χ4n) is 1.22. The predicted molar refractivity (Wildman–Crippen MR) is 53.6 cm³/mol. The fraction of sp³-hybridized carbons (Fsp3) is 0.875. The summed E-state index contributed by atoms with van der Waals surface area (Å²) in [6, 6.07) is 0.403. The first-order chi connectivity index (χ1) is 6.22. The maximum Gasteiger partial charge on any atom is 0.261 e. The zero-order valence-corrected chi connectivity index (χ0v) is 9.54. The van der Waals surface area contributed by atoms with Crippen LogP contribution >= 0.6 is 0 Å². The first-order valence-corrected chi connectivity index (χ1v) is 6.28. The summed E-state index contributed by atoms with van der Waals surface area (Å²) in [6.45, 7) is 5.09. The van der Waals surface area contributed by atoms with Crippen molar-refractivity contribution in [3.05, 3.63) is 0 Å². The molecule has 1 N–H and O–H groups in total. The Morgan fingerprint density at radius 3 is 2.00 bits per heavy atom. The molecule has 1 aliphatic rings. The largest absolute Gasteiger partial charge is 0.340 e. The molecule has 0 aromatic carbocycles. The molecule has 14 heavy (non-hydrogen) atoms. The highest BCUT2D eigenvalue weighted by atomic mass is 32.2. The Morgan fingerprint density at radius 2 is 1.86 bits per heavy atom. The van der Waals surface area contributed by atoms with E-state index in [1.54, 1.807) is 0 Å². The van der Waals surface area contributed by atoms with Gasteiger partial charge in [0.05, 0.1) is 6.26 Å². The molecule has 1 heterocycles. The SMILES string of the molecule is CC(C)N1CCCC1=O.CS(=O)(=O)O. The lowest BCUT2D eigenvalue weighted by Gasteiger charge is -2.19. The highest BCUT2D eigenvalue weighted by Gasteiger charge is 2.21. The molecule has 84 valence electrons. The van der Waals surface area contributed by atoms with Gasteiger partial charge < -0.3 is 4.90 Å². The van der Waals surface area contributed by atoms with Crippen molar-refractivity contribution >= 4 is 16.0 Å². The molecule has 0 aromatic heterocycles. The van der Waals surface area contributed by atoms with Crippen LogP contribution in [-0.4, -0.2) is 42.6 Å². The van der Waals surface area contributed by atoms with Crippen molar-refractivity contribution in [3.8, 4) is 0 Å². The Hall–Kier alpha value is -0.620. The number of rotatable bonds is 1. The van der Waals surface area contributed by atoms with Gasteiger partial charge in [-0.15, -0.1) is 0 Å². The van der Waals surface area contributed by atoms with Crippen LogP contribution < -0.4 is 0 Å². The molecule has 0 aliphatic carbocycles. The van der Waals surface area contributed by atoms with Gasteiger partial charge in [-0.1, -0.05) is 0 Å². The van der Waals surface area contributed by atoms with Crippen molar-refractivity contribution in [2.45, 2.75) is 32.7 Å². The zero-order chi connectivity index (χ0) is 11.4. The van der Waals surface area contributed by atoms with E-state index in [2.05, 4.69) is 13.8 Å². The summed E-state index contributed by atoms with van der Waals surface area (Å²) in [5.41, 5.74) is 0. The van der Waals surface area contributed by atoms with Gasteiger partial charge in [-0.05, 0) is 20.3 Å². The van der Waals surface area contributed by atoms with Gasteiger partial charge in [0.15, 0.2) is 0 Å². The maximum atomic E-state index is 10.9. The quantitative estimate of drug-likeness (QED) is 0.658. The second-order valence-corrected chi connectivity index (χ2v) is 4.98. The van der Waals surface area contributed by atoms with E-state index in [4.69, 9.17) is 4.55 Å². The molecule has 1 aliphatic heterocycles. The molecule has 5 nitrogen and oxygen atoms in total. The summed E-state index contributed by atoms with van der Waals surface area (Å²) in [5.74, 6) is 0.324. The van der Waals surface area contributed by atoms with Crippen molar-refractivity contribution < 1.29 is 17.8 Å². The van der Waals surface area contributed by atoms with Crippen LogP contribution in [0.4, 0.5) is 0 Å². The van der Waals surface area contributed by atoms with E-state index in [-0.39, 0.29) is 0 Å². The van der Waals surface area contributed by atoms with Crippen molar-refractivity contribution in [1.82, 2.24) is 4.90 Å². The van der Waals surface area contributed by atoms with Gasteiger partial charge in [0.2, 0.25) is 5.91 Å². The Morgan fingerprint density at radius 1 is 1.43 bits per heavy atom. The fourth-order valence-corrected chi connectivity index (χ4v) is 1.22. The van der Waals surface area contributed by atoms with Crippen LogP contribution in [0.3, 0.4) is 0 Å². The number of hydrogen-bond acceptors (Lipinski definition) is 3. The van der Waals surface area contributed by atoms with E-state index >= 15 is 0 Å². The Kier molecular flexibility index (Phi) is 5.07. The number of hydrogen-bond donors (Lipinski definition) is 1. The summed E-state index contributed by atoms with van der Waals surface area (Å²) in [4.78, 5) is 12.9. The average Bonchev–Trinajstić information content (AvgIpc) is 2.30. The molecular formula is C8H17NO4S. The van der Waals surface area contributed by atoms with Crippen LogP contribution in [0, 0.1) is 0 Å². The van der Waals surface area contributed by atoms with Gasteiger partial charge in [0.1, 0.15) is 0 Å². The number of amides is 1. The Balaban J connectivity index is 0.000000292. The van der Waals surface area contributed by atoms with E-state index in [1.807, 2.05) is 4.90 Å². The molecule has 0 unspecified atom stereocenters. The number of likely N-dealkylation sites (tertiary alicyclic amines) is 1. The topological polar surface area (TPSA) is 74.7 Å². The number of carbonyl (C=O) groups excluding carboxylic acids is 1. The second-order valence-electron chi connectivity index (χ2n) is 3.52. The molecule has 1 amide bonds. The molecule has 6 heteroatoms. The van der Waals surface area contributed by atoms with Crippen molar-refractivity contribution in [3.63, 3.8) is 0 Å². The average molecular weight is 223 g/mol. The lowest BCUT2D eigenvalue weighted by molar-refractivity contribution is -0.129. The maximum absolute atomic E-state index is 10.9. The highest BCUT2D eigenvalue weighted by Crippen LogP contribution is 2.12. The molecule has 0 bridgehead atoms. The van der Waals surface area contributed by atoms with E-state index < -0.39 is 10.1 Å². The normalized spacial score (nSPS) is 16.9.